The number of hydrogen-bond acceptors (Lipinski definition) is 19. The van der Waals surface area contributed by atoms with Crippen LogP contribution in [0.15, 0.2) is 107 Å². The Bertz CT molecular complexity index is 4250. The van der Waals surface area contributed by atoms with Crippen LogP contribution in [0.25, 0.3) is 55.4 Å². The quantitative estimate of drug-likeness (QED) is 0.0849. The molecule has 0 radical (unpaired) electrons. The lowest BCUT2D eigenvalue weighted by Crippen LogP contribution is -2.44. The molecule has 0 saturated carbocycles. The number of alkyl halides is 2. The summed E-state index contributed by atoms with van der Waals surface area (Å²) in [7, 11) is 0. The molecule has 0 unspecified atom stereocenters. The lowest BCUT2D eigenvalue weighted by molar-refractivity contribution is -0.138. The van der Waals surface area contributed by atoms with Crippen LogP contribution < -0.4 is 16.0 Å². The number of likely N-dealkylation sites (tertiary alicyclic amines) is 1. The predicted octanol–water partition coefficient (Wildman–Crippen LogP) is 7.77. The molecule has 3 amide bonds. The molecule has 0 spiro atoms. The summed E-state index contributed by atoms with van der Waals surface area (Å²) in [6.07, 6.45) is 11.0. The van der Waals surface area contributed by atoms with Crippen molar-refractivity contribution in [1.82, 2.24) is 78.9 Å². The zero-order chi connectivity index (χ0) is 60.8. The molecule has 2 aromatic carbocycles. The number of carbonyl (C=O) groups is 6. The van der Waals surface area contributed by atoms with Crippen LogP contribution in [0.3, 0.4) is 0 Å². The third-order valence-corrected chi connectivity index (χ3v) is 15.0. The molecule has 12 rings (SSSR count). The summed E-state index contributed by atoms with van der Waals surface area (Å²) in [5, 5.41) is 35.2. The highest BCUT2D eigenvalue weighted by atomic mass is 79.9. The van der Waals surface area contributed by atoms with E-state index in [2.05, 4.69) is 120 Å². The first-order chi connectivity index (χ1) is 40.8. The fourth-order valence-corrected chi connectivity index (χ4v) is 9.93. The number of benzene rings is 2. The van der Waals surface area contributed by atoms with Gasteiger partial charge in [0, 0.05) is 114 Å². The number of Topliss-reactive ketones (excluding diaryl/α,β-unsaturated/α-hetero) is 2. The number of aromatic nitrogens is 14. The molecular formula is C55H55Br2ClF2N18O7S3. The van der Waals surface area contributed by atoms with Gasteiger partial charge in [0.05, 0.1) is 59.8 Å². The largest absolute Gasteiger partial charge is 0.480 e. The molecule has 460 valence electrons. The fraction of sp³-hybridized carbons (Fsp3) is 0.273. The second kappa shape index (κ2) is 30.2. The molecule has 33 heteroatoms. The van der Waals surface area contributed by atoms with E-state index in [0.29, 0.717) is 48.2 Å². The van der Waals surface area contributed by atoms with Crippen LogP contribution in [0.4, 0.5) is 20.4 Å². The maximum absolute atomic E-state index is 14.5. The van der Waals surface area contributed by atoms with Crippen LogP contribution >= 0.6 is 57.8 Å². The molecule has 88 heavy (non-hydrogen) atoms. The lowest BCUT2D eigenvalue weighted by atomic mass is 10.0. The molecule has 0 aliphatic carbocycles. The van der Waals surface area contributed by atoms with Crippen molar-refractivity contribution in [3.05, 3.63) is 130 Å². The molecule has 2 aliphatic rings. The molecule has 10 aromatic rings. The highest BCUT2D eigenvalue weighted by molar-refractivity contribution is 9.10. The number of anilines is 2. The van der Waals surface area contributed by atoms with Crippen molar-refractivity contribution in [2.24, 2.45) is 0 Å². The summed E-state index contributed by atoms with van der Waals surface area (Å²) in [5.41, 5.74) is 7.68. The smallest absolute Gasteiger partial charge is 0.325 e. The second-order valence-electron chi connectivity index (χ2n) is 19.4. The molecule has 10 heterocycles. The van der Waals surface area contributed by atoms with Crippen molar-refractivity contribution >= 4 is 160 Å². The highest BCUT2D eigenvalue weighted by Crippen LogP contribution is 2.30. The Kier molecular flexibility index (Phi) is 23.7. The summed E-state index contributed by atoms with van der Waals surface area (Å²) in [6, 6.07) is 12.9. The maximum Gasteiger partial charge on any atom is 0.325 e. The van der Waals surface area contributed by atoms with Gasteiger partial charge in [0.25, 0.3) is 0 Å². The number of hydrogen-bond donors (Lipinski definition) is 4. The Morgan fingerprint density at radius 3 is 1.59 bits per heavy atom. The number of aliphatic carboxylic acids is 1. The number of aryl methyl sites for hydroxylation is 2. The van der Waals surface area contributed by atoms with Crippen molar-refractivity contribution < 1.29 is 42.7 Å². The Morgan fingerprint density at radius 1 is 0.670 bits per heavy atom. The first kappa shape index (κ1) is 69.0. The minimum atomic E-state index is -1.36. The summed E-state index contributed by atoms with van der Waals surface area (Å²) >= 11 is 13.8. The number of fused-ring (bicyclic) bond motifs is 4. The number of carboxylic acid groups (broad SMARTS) is 1. The molecular weight excluding hydrogens is 1350 g/mol. The van der Waals surface area contributed by atoms with Crippen LogP contribution in [0.2, 0.25) is 0 Å². The molecule has 4 N–H and O–H groups in total. The van der Waals surface area contributed by atoms with E-state index in [1.165, 1.54) is 40.5 Å². The number of halogens is 5. The van der Waals surface area contributed by atoms with Crippen LogP contribution in [-0.2, 0) is 54.6 Å². The van der Waals surface area contributed by atoms with Gasteiger partial charge in [0.1, 0.15) is 52.1 Å². The second-order valence-corrected chi connectivity index (χ2v) is 20.9. The van der Waals surface area contributed by atoms with Gasteiger partial charge in [-0.15, -0.1) is 12.4 Å². The first-order valence-corrected chi connectivity index (χ1v) is 28.6. The summed E-state index contributed by atoms with van der Waals surface area (Å²) < 4.78 is 34.5. The predicted molar refractivity (Wildman–Crippen MR) is 343 cm³/mol. The minimum Gasteiger partial charge on any atom is -0.480 e. The van der Waals surface area contributed by atoms with Crippen LogP contribution in [0.5, 0.6) is 0 Å². The van der Waals surface area contributed by atoms with E-state index in [1.807, 2.05) is 36.7 Å². The topological polar surface area (TPSA) is 310 Å². The standard InChI is InChI=1S/C27H23BrFN9O3.C17H13N5O3.C10H12BrFN4O.CH4.ClH.S2.H2S/c1-14-26(28)33-22(10-30-14)34-27(41)21-8-18(29)12-36(21)24(40)13-37-20-4-3-16(7-19(20)25(35-37)15(2)39)17-9-31-23-5-6-32-38(23)11-17;1-10(23)17-13-6-11(2-3-14(13)21(20-17)9-16(24)25)12-7-18-15-4-5-19-22(15)8-12;1-5-9(11)15-8(4-13-5)16-10(17)7-2-6(12)3-14-7;;;1-2;/h3-7,9-11,18,21H,8,12-13H2,1-2H3,(H,33,34,41);2-8H,9H2,1H3,(H,24,25);4,6-7,14H,2-3H2,1H3,(H,15,16,17);1H4;1H;;1H2/t18-,21+;;6-,7+;;;;/m1.1..../s1. The molecule has 0 bridgehead atoms. The van der Waals surface area contributed by atoms with Crippen molar-refractivity contribution in [3.8, 4) is 22.3 Å². The highest BCUT2D eigenvalue weighted by Gasteiger charge is 2.40. The zero-order valence-electron chi connectivity index (χ0n) is 46.1. The Labute approximate surface area is 539 Å². The average Bonchev–Trinajstić information content (AvgIpc) is 3.14. The zero-order valence-corrected chi connectivity index (χ0v) is 52.8. The molecule has 8 aromatic heterocycles. The van der Waals surface area contributed by atoms with Gasteiger partial charge in [-0.05, 0) is 81.1 Å². The van der Waals surface area contributed by atoms with Gasteiger partial charge >= 0.3 is 5.97 Å². The molecule has 25 nitrogen and oxygen atoms in total. The van der Waals surface area contributed by atoms with Gasteiger partial charge < -0.3 is 26.0 Å². The monoisotopic (exact) mass is 1410 g/mol. The minimum absolute atomic E-state index is 0. The number of amides is 3. The third-order valence-electron chi connectivity index (χ3n) is 13.5. The Morgan fingerprint density at radius 2 is 1.15 bits per heavy atom. The van der Waals surface area contributed by atoms with Gasteiger partial charge in [-0.2, -0.15) is 33.9 Å². The van der Waals surface area contributed by atoms with E-state index in [1.54, 1.807) is 71.9 Å². The van der Waals surface area contributed by atoms with Gasteiger partial charge in [0.2, 0.25) is 17.7 Å². The van der Waals surface area contributed by atoms with E-state index < -0.39 is 42.2 Å². The van der Waals surface area contributed by atoms with E-state index in [4.69, 9.17) is 5.11 Å². The van der Waals surface area contributed by atoms with Gasteiger partial charge in [-0.3, -0.25) is 48.1 Å². The maximum atomic E-state index is 14.5. The fourth-order valence-electron chi connectivity index (χ4n) is 9.34. The SMILES string of the molecule is C.CC(=O)c1nn(CC(=O)N2C[C@H](F)C[C@H]2C(=O)Nc2cnc(C)c(Br)n2)c2ccc(-c3cnc4ccnn4c3)cc12.CC(=O)c1nn(CC(=O)O)c2ccc(-c3cnc4ccnn4c3)cc12.Cc1ncc(NC(=O)[C@@H]2C[C@@H](F)CN2)nc1Br.Cl.S.S=S. The van der Waals surface area contributed by atoms with E-state index >= 15 is 0 Å². The average molecular weight is 1410 g/mol. The van der Waals surface area contributed by atoms with Crippen molar-refractivity contribution in [1.29, 1.82) is 0 Å². The number of nitrogens with one attached hydrogen (secondary N) is 3. The van der Waals surface area contributed by atoms with Crippen LogP contribution in [-0.4, -0.2) is 151 Å². The molecule has 4 atom stereocenters. The van der Waals surface area contributed by atoms with Crippen molar-refractivity contribution in [2.75, 3.05) is 23.7 Å². The summed E-state index contributed by atoms with van der Waals surface area (Å²) in [4.78, 5) is 100. The lowest BCUT2D eigenvalue weighted by Gasteiger charge is -2.23. The van der Waals surface area contributed by atoms with Crippen molar-refractivity contribution in [2.45, 2.75) is 85.5 Å². The Balaban J connectivity index is 0.000000224. The molecule has 2 saturated heterocycles. The number of ketones is 2. The summed E-state index contributed by atoms with van der Waals surface area (Å²) in [6.45, 7) is 5.78. The van der Waals surface area contributed by atoms with Crippen molar-refractivity contribution in [3.63, 3.8) is 0 Å². The third kappa shape index (κ3) is 15.8. The molecule has 2 fully saturated rings. The van der Waals surface area contributed by atoms with E-state index in [9.17, 15) is 37.5 Å². The normalized spacial score (nSPS) is 15.7. The van der Waals surface area contributed by atoms with Gasteiger partial charge in [-0.25, -0.2) is 37.7 Å². The van der Waals surface area contributed by atoms with E-state index in [0.717, 1.165) is 33.6 Å². The van der Waals surface area contributed by atoms with Crippen LogP contribution in [0, 0.1) is 13.8 Å². The number of carbonyl (C=O) groups excluding carboxylic acids is 5. The first-order valence-electron chi connectivity index (χ1n) is 25.7. The number of nitrogens with zero attached hydrogens (tertiary/aromatic N) is 15. The van der Waals surface area contributed by atoms with Crippen LogP contribution in [0.1, 0.15) is 66.5 Å². The number of carboxylic acids is 1. The number of rotatable bonds is 12. The summed E-state index contributed by atoms with van der Waals surface area (Å²) in [5.74, 6) is -2.31. The van der Waals surface area contributed by atoms with Gasteiger partial charge in [-0.1, -0.05) is 19.6 Å². The van der Waals surface area contributed by atoms with E-state index in [-0.39, 0.29) is 107 Å². The van der Waals surface area contributed by atoms with Gasteiger partial charge in [0.15, 0.2) is 34.5 Å². The Hall–Kier alpha value is -8.14. The molecule has 2 aliphatic heterocycles.